The first-order valence-corrected chi connectivity index (χ1v) is 26.5. The summed E-state index contributed by atoms with van der Waals surface area (Å²) in [6, 6.07) is 105. The molecule has 0 atom stereocenters. The number of hydrogen-bond donors (Lipinski definition) is 1. The molecule has 1 heterocycles. The maximum absolute atomic E-state index is 3.56. The zero-order chi connectivity index (χ0) is 50.0. The third kappa shape index (κ3) is 5.81. The molecule has 2 spiro atoms. The summed E-state index contributed by atoms with van der Waals surface area (Å²) in [5.74, 6) is 0. The summed E-state index contributed by atoms with van der Waals surface area (Å²) in [7, 11) is 0. The highest BCUT2D eigenvalue weighted by molar-refractivity contribution is 6.08. The lowest BCUT2D eigenvalue weighted by Gasteiger charge is -2.32. The van der Waals surface area contributed by atoms with Crippen molar-refractivity contribution in [3.05, 3.63) is 330 Å². The van der Waals surface area contributed by atoms with Crippen molar-refractivity contribution in [1.82, 2.24) is 4.98 Å². The molecule has 0 unspecified atom stereocenters. The number of fused-ring (bicyclic) bond motifs is 23. The minimum Gasteiger partial charge on any atom is -0.355 e. The first-order valence-electron chi connectivity index (χ1n) is 26.5. The van der Waals surface area contributed by atoms with Crippen LogP contribution in [-0.2, 0) is 10.8 Å². The van der Waals surface area contributed by atoms with E-state index in [-0.39, 0.29) is 10.8 Å². The van der Waals surface area contributed by atoms with Crippen molar-refractivity contribution in [3.8, 4) is 55.6 Å². The fraction of sp³-hybridized carbons (Fsp3) is 0.0270. The topological polar surface area (TPSA) is 19.0 Å². The standard InChI is InChI=1S/C49H32N2.C25H16/c1-2-12-34(13-3-1)51(35-25-22-32(23-26-35)33-24-29-48-42(30-33)41-17-7-11-21-47(41)50-48)36-27-28-40-39-16-6-10-20-45(39)49(46(40)31-36)43-18-8-4-14-37(43)38-15-5-9-19-44(38)49;1-5-13-21-17(9-1)18-10-2-6-14-22(18)25(21)23-15-7-3-11-19(23)20-12-4-8-16-24(20)25/h1-31,50H;1-16H. The van der Waals surface area contributed by atoms with Crippen LogP contribution >= 0.6 is 0 Å². The number of anilines is 3. The highest BCUT2D eigenvalue weighted by Gasteiger charge is 2.53. The second kappa shape index (κ2) is 16.4. The van der Waals surface area contributed by atoms with Gasteiger partial charge in [0, 0.05) is 38.9 Å². The molecule has 2 nitrogen and oxygen atoms in total. The number of hydrogen-bond acceptors (Lipinski definition) is 1. The van der Waals surface area contributed by atoms with Gasteiger partial charge in [-0.05, 0) is 155 Å². The molecular weight excluding hydrogens is 917 g/mol. The normalized spacial score (nSPS) is 13.7. The highest BCUT2D eigenvalue weighted by Crippen LogP contribution is 2.64. The Morgan fingerprint density at radius 1 is 0.224 bits per heavy atom. The molecule has 12 aromatic carbocycles. The average Bonchev–Trinajstić information content (AvgIpc) is 4.44. The fourth-order valence-corrected chi connectivity index (χ4v) is 14.1. The zero-order valence-corrected chi connectivity index (χ0v) is 41.6. The molecular formula is C74H48N2. The van der Waals surface area contributed by atoms with Crippen molar-refractivity contribution in [2.75, 3.05) is 4.90 Å². The summed E-state index contributed by atoms with van der Waals surface area (Å²) in [5, 5.41) is 2.51. The van der Waals surface area contributed by atoms with E-state index in [2.05, 4.69) is 295 Å². The number of H-pyrrole nitrogens is 1. The van der Waals surface area contributed by atoms with Crippen LogP contribution in [0, 0.1) is 0 Å². The Balaban J connectivity index is 0.000000162. The van der Waals surface area contributed by atoms with Crippen molar-refractivity contribution in [2.45, 2.75) is 10.8 Å². The molecule has 0 aliphatic heterocycles. The molecule has 354 valence electrons. The van der Waals surface area contributed by atoms with E-state index in [0.717, 1.165) is 22.6 Å². The van der Waals surface area contributed by atoms with Crippen LogP contribution in [0.5, 0.6) is 0 Å². The van der Waals surface area contributed by atoms with Gasteiger partial charge in [0.05, 0.1) is 10.8 Å². The molecule has 1 N–H and O–H groups in total. The lowest BCUT2D eigenvalue weighted by molar-refractivity contribution is 0.793. The van der Waals surface area contributed by atoms with Gasteiger partial charge in [-0.2, -0.15) is 0 Å². The Morgan fingerprint density at radius 3 is 1.04 bits per heavy atom. The van der Waals surface area contributed by atoms with E-state index < -0.39 is 0 Å². The van der Waals surface area contributed by atoms with Gasteiger partial charge in [-0.1, -0.05) is 231 Å². The van der Waals surface area contributed by atoms with Crippen LogP contribution in [0.4, 0.5) is 17.1 Å². The van der Waals surface area contributed by atoms with Gasteiger partial charge in [0.1, 0.15) is 0 Å². The number of aromatic nitrogens is 1. The predicted octanol–water partition coefficient (Wildman–Crippen LogP) is 18.8. The van der Waals surface area contributed by atoms with E-state index in [1.165, 1.54) is 116 Å². The SMILES string of the molecule is c1ccc(N(c2ccc(-c3ccc4[nH]c5ccccc5c4c3)cc2)c2ccc3c(c2)C2(c4ccccc4-c4ccccc42)c2ccccc2-3)cc1.c1ccc2c(c1)-c1ccccc1C21c2ccccc2-c2ccccc21. The predicted molar refractivity (Wildman–Crippen MR) is 315 cm³/mol. The van der Waals surface area contributed by atoms with Gasteiger partial charge in [-0.15, -0.1) is 0 Å². The van der Waals surface area contributed by atoms with Gasteiger partial charge >= 0.3 is 0 Å². The molecule has 2 heteroatoms. The van der Waals surface area contributed by atoms with Crippen molar-refractivity contribution in [1.29, 1.82) is 0 Å². The molecule has 4 aliphatic rings. The average molecular weight is 965 g/mol. The summed E-state index contributed by atoms with van der Waals surface area (Å²) >= 11 is 0. The van der Waals surface area contributed by atoms with Gasteiger partial charge < -0.3 is 9.88 Å². The van der Waals surface area contributed by atoms with Gasteiger partial charge in [0.15, 0.2) is 0 Å². The van der Waals surface area contributed by atoms with Crippen molar-refractivity contribution in [2.24, 2.45) is 0 Å². The van der Waals surface area contributed by atoms with Gasteiger partial charge in [0.2, 0.25) is 0 Å². The Kier molecular flexibility index (Phi) is 9.20. The number of nitrogens with zero attached hydrogens (tertiary/aromatic N) is 1. The molecule has 1 aromatic heterocycles. The number of benzene rings is 12. The number of nitrogens with one attached hydrogen (secondary N) is 1. The smallest absolute Gasteiger partial charge is 0.0726 e. The van der Waals surface area contributed by atoms with Crippen LogP contribution in [0.1, 0.15) is 44.5 Å². The van der Waals surface area contributed by atoms with Crippen molar-refractivity contribution in [3.63, 3.8) is 0 Å². The molecule has 17 rings (SSSR count). The van der Waals surface area contributed by atoms with Crippen LogP contribution < -0.4 is 4.90 Å². The molecule has 76 heavy (non-hydrogen) atoms. The van der Waals surface area contributed by atoms with Crippen LogP contribution in [0.3, 0.4) is 0 Å². The maximum atomic E-state index is 3.56. The van der Waals surface area contributed by atoms with E-state index in [1.54, 1.807) is 0 Å². The first kappa shape index (κ1) is 42.7. The molecule has 0 amide bonds. The fourth-order valence-electron chi connectivity index (χ4n) is 14.1. The zero-order valence-electron chi connectivity index (χ0n) is 41.6. The third-order valence-electron chi connectivity index (χ3n) is 17.1. The van der Waals surface area contributed by atoms with Gasteiger partial charge in [-0.25, -0.2) is 0 Å². The maximum Gasteiger partial charge on any atom is 0.0726 e. The van der Waals surface area contributed by atoms with Crippen molar-refractivity contribution >= 4 is 38.9 Å². The second-order valence-corrected chi connectivity index (χ2v) is 20.7. The molecule has 0 fully saturated rings. The summed E-state index contributed by atoms with van der Waals surface area (Å²) in [4.78, 5) is 5.96. The molecule has 0 saturated carbocycles. The van der Waals surface area contributed by atoms with Crippen molar-refractivity contribution < 1.29 is 0 Å². The molecule has 4 aliphatic carbocycles. The number of aromatic amines is 1. The van der Waals surface area contributed by atoms with E-state index in [9.17, 15) is 0 Å². The Morgan fingerprint density at radius 2 is 0.566 bits per heavy atom. The lowest BCUT2D eigenvalue weighted by Crippen LogP contribution is -2.26. The first-order chi connectivity index (χ1) is 37.7. The Hall–Kier alpha value is -9.76. The second-order valence-electron chi connectivity index (χ2n) is 20.7. The summed E-state index contributed by atoms with van der Waals surface area (Å²) < 4.78 is 0. The molecule has 0 saturated heterocycles. The third-order valence-corrected chi connectivity index (χ3v) is 17.1. The summed E-state index contributed by atoms with van der Waals surface area (Å²) in [6.45, 7) is 0. The van der Waals surface area contributed by atoms with E-state index in [1.807, 2.05) is 0 Å². The van der Waals surface area contributed by atoms with E-state index >= 15 is 0 Å². The van der Waals surface area contributed by atoms with Crippen LogP contribution in [-0.4, -0.2) is 4.98 Å². The lowest BCUT2D eigenvalue weighted by atomic mass is 9.70. The number of rotatable bonds is 4. The minimum atomic E-state index is -0.387. The Labute approximate surface area is 442 Å². The van der Waals surface area contributed by atoms with Crippen LogP contribution in [0.25, 0.3) is 77.4 Å². The number of para-hydroxylation sites is 2. The summed E-state index contributed by atoms with van der Waals surface area (Å²) in [6.07, 6.45) is 0. The van der Waals surface area contributed by atoms with Gasteiger partial charge in [0.25, 0.3) is 0 Å². The minimum absolute atomic E-state index is 0.180. The molecule has 0 radical (unpaired) electrons. The van der Waals surface area contributed by atoms with E-state index in [4.69, 9.17) is 0 Å². The molecule has 13 aromatic rings. The monoisotopic (exact) mass is 964 g/mol. The molecule has 0 bridgehead atoms. The van der Waals surface area contributed by atoms with E-state index in [0.29, 0.717) is 0 Å². The largest absolute Gasteiger partial charge is 0.355 e. The van der Waals surface area contributed by atoms with Gasteiger partial charge in [-0.3, -0.25) is 0 Å². The summed E-state index contributed by atoms with van der Waals surface area (Å²) in [5.41, 5.74) is 29.3. The van der Waals surface area contributed by atoms with Crippen LogP contribution in [0.2, 0.25) is 0 Å². The quantitative estimate of drug-likeness (QED) is 0.186. The Bertz CT molecular complexity index is 4230. The highest BCUT2D eigenvalue weighted by atomic mass is 15.1. The van der Waals surface area contributed by atoms with Crippen LogP contribution in [0.15, 0.2) is 285 Å².